The summed E-state index contributed by atoms with van der Waals surface area (Å²) in [6.45, 7) is 2.60. The summed E-state index contributed by atoms with van der Waals surface area (Å²) >= 11 is 0. The second kappa shape index (κ2) is 6.38. The van der Waals surface area contributed by atoms with E-state index in [1.54, 1.807) is 17.0 Å². The molecule has 2 aromatic heterocycles. The van der Waals surface area contributed by atoms with Crippen molar-refractivity contribution < 1.29 is 9.90 Å². The number of rotatable bonds is 1. The van der Waals surface area contributed by atoms with E-state index in [4.69, 9.17) is 0 Å². The first-order valence-corrected chi connectivity index (χ1v) is 8.59. The number of carbonyl (C=O) groups excluding carboxylic acids is 1. The van der Waals surface area contributed by atoms with Crippen LogP contribution >= 0.6 is 0 Å². The lowest BCUT2D eigenvalue weighted by Gasteiger charge is -2.20. The zero-order chi connectivity index (χ0) is 18.3. The molecule has 0 saturated heterocycles. The Kier molecular flexibility index (Phi) is 4.05. The highest BCUT2D eigenvalue weighted by atomic mass is 16.3. The number of hydrogen-bond donors (Lipinski definition) is 2. The molecular weight excluding hydrogens is 330 g/mol. The van der Waals surface area contributed by atoms with Gasteiger partial charge in [-0.05, 0) is 36.6 Å². The molecule has 1 aliphatic rings. The van der Waals surface area contributed by atoms with E-state index in [1.807, 2.05) is 31.2 Å². The van der Waals surface area contributed by atoms with Crippen LogP contribution in [0.2, 0.25) is 0 Å². The molecule has 0 bridgehead atoms. The van der Waals surface area contributed by atoms with Crippen molar-refractivity contribution in [1.29, 1.82) is 0 Å². The Bertz CT molecular complexity index is 1060. The Balaban J connectivity index is 1.72. The summed E-state index contributed by atoms with van der Waals surface area (Å²) in [4.78, 5) is 34.6. The van der Waals surface area contributed by atoms with Crippen LogP contribution in [0.25, 0.3) is 11.0 Å². The predicted molar refractivity (Wildman–Crippen MR) is 97.9 cm³/mol. The molecule has 0 fully saturated rings. The van der Waals surface area contributed by atoms with Crippen LogP contribution in [0.5, 0.6) is 0 Å². The molecule has 0 radical (unpaired) electrons. The topological polar surface area (TPSA) is 86.3 Å². The molecule has 0 saturated carbocycles. The maximum Gasteiger partial charge on any atom is 0.259 e. The van der Waals surface area contributed by atoms with Crippen LogP contribution in [0, 0.1) is 6.92 Å². The lowest BCUT2D eigenvalue weighted by Crippen LogP contribution is -2.34. The summed E-state index contributed by atoms with van der Waals surface area (Å²) in [6, 6.07) is 11.0. The van der Waals surface area contributed by atoms with Gasteiger partial charge in [0, 0.05) is 25.0 Å². The molecule has 0 aliphatic carbocycles. The Labute approximate surface area is 150 Å². The van der Waals surface area contributed by atoms with Crippen LogP contribution in [-0.2, 0) is 6.54 Å². The van der Waals surface area contributed by atoms with Gasteiger partial charge in [-0.25, -0.2) is 4.98 Å². The number of aryl methyl sites for hydroxylation is 1. The largest absolute Gasteiger partial charge is 0.388 e. The van der Waals surface area contributed by atoms with Crippen molar-refractivity contribution in [3.8, 4) is 0 Å². The number of aromatic nitrogens is 2. The third-order valence-electron chi connectivity index (χ3n) is 4.84. The van der Waals surface area contributed by atoms with Crippen molar-refractivity contribution in [2.24, 2.45) is 0 Å². The summed E-state index contributed by atoms with van der Waals surface area (Å²) in [7, 11) is 0. The van der Waals surface area contributed by atoms with E-state index >= 15 is 0 Å². The number of aliphatic hydroxyl groups is 1. The summed E-state index contributed by atoms with van der Waals surface area (Å²) in [5, 5.41) is 10.7. The molecule has 6 nitrogen and oxygen atoms in total. The van der Waals surface area contributed by atoms with Gasteiger partial charge in [0.25, 0.3) is 5.91 Å². The second-order valence-electron chi connectivity index (χ2n) is 6.61. The number of aromatic amines is 1. The molecule has 1 unspecified atom stereocenters. The minimum Gasteiger partial charge on any atom is -0.388 e. The quantitative estimate of drug-likeness (QED) is 0.706. The van der Waals surface area contributed by atoms with Crippen LogP contribution in [0.4, 0.5) is 0 Å². The SMILES string of the molecule is Cc1ccc2c(=O)c(C(=O)N3CCC(O)c4ccccc4C3)c[nH]c2n1. The normalized spacial score (nSPS) is 17.0. The monoisotopic (exact) mass is 349 g/mol. The van der Waals surface area contributed by atoms with E-state index in [2.05, 4.69) is 9.97 Å². The van der Waals surface area contributed by atoms with Gasteiger partial charge in [0.1, 0.15) is 11.2 Å². The van der Waals surface area contributed by atoms with Crippen molar-refractivity contribution in [3.63, 3.8) is 0 Å². The molecule has 6 heteroatoms. The third-order valence-corrected chi connectivity index (χ3v) is 4.84. The average molecular weight is 349 g/mol. The predicted octanol–water partition coefficient (Wildman–Crippen LogP) is 2.31. The first-order chi connectivity index (χ1) is 12.5. The molecule has 132 valence electrons. The number of pyridine rings is 2. The summed E-state index contributed by atoms with van der Waals surface area (Å²) < 4.78 is 0. The summed E-state index contributed by atoms with van der Waals surface area (Å²) in [5.74, 6) is -0.336. The van der Waals surface area contributed by atoms with Crippen LogP contribution in [-0.4, -0.2) is 32.4 Å². The number of amides is 1. The minimum atomic E-state index is -0.605. The van der Waals surface area contributed by atoms with E-state index in [-0.39, 0.29) is 16.9 Å². The van der Waals surface area contributed by atoms with Gasteiger partial charge in [0.2, 0.25) is 5.43 Å². The Hall–Kier alpha value is -2.99. The fourth-order valence-electron chi connectivity index (χ4n) is 3.43. The van der Waals surface area contributed by atoms with Crippen molar-refractivity contribution >= 4 is 16.9 Å². The number of benzene rings is 1. The molecule has 4 rings (SSSR count). The number of hydrogen-bond acceptors (Lipinski definition) is 4. The van der Waals surface area contributed by atoms with Crippen LogP contribution in [0.3, 0.4) is 0 Å². The van der Waals surface area contributed by atoms with Gasteiger partial charge in [-0.2, -0.15) is 0 Å². The number of fused-ring (bicyclic) bond motifs is 2. The third kappa shape index (κ3) is 2.78. The van der Waals surface area contributed by atoms with Crippen LogP contribution < -0.4 is 5.43 Å². The molecular formula is C20H19N3O3. The van der Waals surface area contributed by atoms with E-state index in [1.165, 1.54) is 6.20 Å². The van der Waals surface area contributed by atoms with Gasteiger partial charge in [0.05, 0.1) is 11.5 Å². The highest BCUT2D eigenvalue weighted by Gasteiger charge is 2.26. The zero-order valence-electron chi connectivity index (χ0n) is 14.4. The van der Waals surface area contributed by atoms with Gasteiger partial charge >= 0.3 is 0 Å². The highest BCUT2D eigenvalue weighted by molar-refractivity contribution is 5.96. The van der Waals surface area contributed by atoms with E-state index in [0.29, 0.717) is 30.5 Å². The molecule has 2 N–H and O–H groups in total. The summed E-state index contributed by atoms with van der Waals surface area (Å²) in [5.41, 5.74) is 2.79. The molecule has 0 spiro atoms. The number of carbonyl (C=O) groups is 1. The second-order valence-corrected chi connectivity index (χ2v) is 6.61. The number of nitrogens with one attached hydrogen (secondary N) is 1. The highest BCUT2D eigenvalue weighted by Crippen LogP contribution is 2.27. The lowest BCUT2D eigenvalue weighted by molar-refractivity contribution is 0.0721. The van der Waals surface area contributed by atoms with Gasteiger partial charge in [-0.3, -0.25) is 9.59 Å². The molecule has 1 aliphatic heterocycles. The molecule has 1 atom stereocenters. The smallest absolute Gasteiger partial charge is 0.259 e. The fraction of sp³-hybridized carbons (Fsp3) is 0.250. The number of nitrogens with zero attached hydrogens (tertiary/aromatic N) is 2. The van der Waals surface area contributed by atoms with Crippen molar-refractivity contribution in [3.05, 3.63) is 75.2 Å². The van der Waals surface area contributed by atoms with Crippen molar-refractivity contribution in [2.75, 3.05) is 6.54 Å². The van der Waals surface area contributed by atoms with E-state index in [0.717, 1.165) is 16.8 Å². The Morgan fingerprint density at radius 3 is 2.92 bits per heavy atom. The fourth-order valence-corrected chi connectivity index (χ4v) is 3.43. The molecule has 26 heavy (non-hydrogen) atoms. The average Bonchev–Trinajstić information content (AvgIpc) is 2.81. The van der Waals surface area contributed by atoms with Crippen LogP contribution in [0.1, 0.15) is 39.7 Å². The van der Waals surface area contributed by atoms with Gasteiger partial charge in [-0.15, -0.1) is 0 Å². The standard InChI is InChI=1S/C20H19N3O3/c1-12-6-7-15-18(25)16(10-21-19(15)22-12)20(26)23-9-8-17(24)14-5-3-2-4-13(14)11-23/h2-7,10,17,24H,8-9,11H2,1H3,(H,21,22,25). The number of H-pyrrole nitrogens is 1. The van der Waals surface area contributed by atoms with E-state index < -0.39 is 6.10 Å². The van der Waals surface area contributed by atoms with Gasteiger partial charge in [0.15, 0.2) is 0 Å². The lowest BCUT2D eigenvalue weighted by atomic mass is 10.0. The maximum atomic E-state index is 13.0. The molecule has 1 aromatic carbocycles. The number of aliphatic hydroxyl groups excluding tert-OH is 1. The van der Waals surface area contributed by atoms with E-state index in [9.17, 15) is 14.7 Å². The molecule has 3 heterocycles. The van der Waals surface area contributed by atoms with Crippen molar-refractivity contribution in [1.82, 2.24) is 14.9 Å². The molecule has 3 aromatic rings. The molecule has 1 amide bonds. The van der Waals surface area contributed by atoms with Gasteiger partial charge in [-0.1, -0.05) is 24.3 Å². The maximum absolute atomic E-state index is 13.0. The summed E-state index contributed by atoms with van der Waals surface area (Å²) in [6.07, 6.45) is 1.27. The minimum absolute atomic E-state index is 0.0945. The van der Waals surface area contributed by atoms with Gasteiger partial charge < -0.3 is 15.0 Å². The Morgan fingerprint density at radius 2 is 2.08 bits per heavy atom. The first-order valence-electron chi connectivity index (χ1n) is 8.59. The zero-order valence-corrected chi connectivity index (χ0v) is 14.4. The Morgan fingerprint density at radius 1 is 1.27 bits per heavy atom. The first kappa shape index (κ1) is 16.5. The van der Waals surface area contributed by atoms with Crippen molar-refractivity contribution in [2.45, 2.75) is 26.0 Å². The van der Waals surface area contributed by atoms with Crippen LogP contribution in [0.15, 0.2) is 47.4 Å².